The third-order valence-corrected chi connectivity index (χ3v) is 8.14. The molecule has 2 N–H and O–H groups in total. The molecule has 216 valence electrons. The van der Waals surface area contributed by atoms with Gasteiger partial charge in [-0.25, -0.2) is 4.79 Å². The first-order chi connectivity index (χ1) is 19.7. The molecule has 3 amide bonds. The molecule has 0 aliphatic carbocycles. The number of carbonyl (C=O) groups is 2. The Hall–Kier alpha value is -3.17. The Kier molecular flexibility index (Phi) is 8.85. The number of urea groups is 1. The lowest BCUT2D eigenvalue weighted by Gasteiger charge is -2.37. The van der Waals surface area contributed by atoms with Crippen LogP contribution in [0.3, 0.4) is 0 Å². The Balaban J connectivity index is 1.70. The Morgan fingerprint density at radius 2 is 1.71 bits per heavy atom. The summed E-state index contributed by atoms with van der Waals surface area (Å²) in [6.07, 6.45) is -0.762. The normalized spacial score (nSPS) is 20.8. The van der Waals surface area contributed by atoms with Gasteiger partial charge >= 0.3 is 6.03 Å². The monoisotopic (exact) mass is 616 g/mol. The van der Waals surface area contributed by atoms with Gasteiger partial charge in [0.15, 0.2) is 0 Å². The second-order valence-corrected chi connectivity index (χ2v) is 11.5. The minimum Gasteiger partial charge on any atom is -0.497 e. The summed E-state index contributed by atoms with van der Waals surface area (Å²) >= 11 is 19.0. The van der Waals surface area contributed by atoms with Gasteiger partial charge in [-0.15, -0.1) is 0 Å². The molecule has 0 bridgehead atoms. The molecule has 41 heavy (non-hydrogen) atoms. The highest BCUT2D eigenvalue weighted by Gasteiger charge is 2.48. The van der Waals surface area contributed by atoms with Crippen LogP contribution in [-0.2, 0) is 4.79 Å². The molecule has 0 aromatic heterocycles. The van der Waals surface area contributed by atoms with Gasteiger partial charge in [0.05, 0.1) is 35.3 Å². The number of nitrogens with zero attached hydrogens (tertiary/aromatic N) is 2. The van der Waals surface area contributed by atoms with E-state index in [1.165, 1.54) is 0 Å². The van der Waals surface area contributed by atoms with Crippen molar-refractivity contribution in [3.05, 3.63) is 92.4 Å². The molecule has 1 unspecified atom stereocenters. The molecule has 0 spiro atoms. The molecule has 8 nitrogen and oxygen atoms in total. The smallest absolute Gasteiger partial charge is 0.322 e. The molecule has 3 aromatic rings. The van der Waals surface area contributed by atoms with Crippen LogP contribution in [0, 0.1) is 0 Å². The lowest BCUT2D eigenvalue weighted by atomic mass is 9.94. The lowest BCUT2D eigenvalue weighted by molar-refractivity contribution is -0.123. The molecule has 5 rings (SSSR count). The Morgan fingerprint density at radius 3 is 2.37 bits per heavy atom. The molecule has 2 aliphatic heterocycles. The van der Waals surface area contributed by atoms with Crippen molar-refractivity contribution < 1.29 is 19.1 Å². The minimum atomic E-state index is -0.632. The van der Waals surface area contributed by atoms with Gasteiger partial charge in [-0.05, 0) is 61.4 Å². The highest BCUT2D eigenvalue weighted by Crippen LogP contribution is 2.49. The van der Waals surface area contributed by atoms with E-state index >= 15 is 0 Å². The average molecular weight is 618 g/mol. The van der Waals surface area contributed by atoms with Crippen molar-refractivity contribution in [2.24, 2.45) is 0 Å². The molecule has 3 aromatic carbocycles. The first kappa shape index (κ1) is 29.3. The van der Waals surface area contributed by atoms with Crippen LogP contribution in [-0.4, -0.2) is 54.6 Å². The summed E-state index contributed by atoms with van der Waals surface area (Å²) in [5, 5.41) is 7.88. The Labute approximate surface area is 254 Å². The van der Waals surface area contributed by atoms with E-state index in [-0.39, 0.29) is 30.6 Å². The molecular weight excluding hydrogens is 587 g/mol. The van der Waals surface area contributed by atoms with Crippen molar-refractivity contribution in [3.63, 3.8) is 0 Å². The predicted molar refractivity (Wildman–Crippen MR) is 160 cm³/mol. The lowest BCUT2D eigenvalue weighted by Crippen LogP contribution is -2.54. The summed E-state index contributed by atoms with van der Waals surface area (Å²) in [5.41, 5.74) is 2.45. The van der Waals surface area contributed by atoms with Gasteiger partial charge in [-0.2, -0.15) is 0 Å². The maximum atomic E-state index is 14.4. The van der Waals surface area contributed by atoms with Crippen LogP contribution in [0.15, 0.2) is 60.7 Å². The molecule has 0 radical (unpaired) electrons. The number of rotatable bonds is 6. The second-order valence-electron chi connectivity index (χ2n) is 10.2. The van der Waals surface area contributed by atoms with E-state index in [0.29, 0.717) is 39.7 Å². The fourth-order valence-electron chi connectivity index (χ4n) is 5.32. The van der Waals surface area contributed by atoms with E-state index in [9.17, 15) is 9.59 Å². The van der Waals surface area contributed by atoms with Crippen molar-refractivity contribution >= 4 is 46.7 Å². The summed E-state index contributed by atoms with van der Waals surface area (Å²) < 4.78 is 11.7. The maximum Gasteiger partial charge on any atom is 0.322 e. The molecule has 11 heteroatoms. The van der Waals surface area contributed by atoms with E-state index < -0.39 is 12.2 Å². The number of nitrogens with one attached hydrogen (secondary N) is 2. The van der Waals surface area contributed by atoms with Crippen molar-refractivity contribution in [1.82, 2.24) is 20.4 Å². The molecule has 3 atom stereocenters. The van der Waals surface area contributed by atoms with Gasteiger partial charge in [0.2, 0.25) is 5.91 Å². The summed E-state index contributed by atoms with van der Waals surface area (Å²) in [6.45, 7) is 4.59. The van der Waals surface area contributed by atoms with Gasteiger partial charge in [-0.1, -0.05) is 53.0 Å². The highest BCUT2D eigenvalue weighted by molar-refractivity contribution is 6.42. The summed E-state index contributed by atoms with van der Waals surface area (Å²) in [6, 6.07) is 17.2. The Bertz CT molecular complexity index is 1440. The van der Waals surface area contributed by atoms with Crippen LogP contribution >= 0.6 is 34.8 Å². The summed E-state index contributed by atoms with van der Waals surface area (Å²) in [7, 11) is 1.59. The van der Waals surface area contributed by atoms with E-state index in [4.69, 9.17) is 44.3 Å². The standard InChI is InChI=1S/C30H31Cl3N4O4/c1-17(2)41-25-15-21(40-3)9-10-22(25)29-35-27(18-4-7-20(31)8-5-18)28(19-6-11-23(32)24(33)14-19)37(29)30(39)36-13-12-34-26(38)16-36/h4-11,14-15,17,27-29,35H,12-13,16H2,1-3H3,(H,34,38)/t27-,28+,29?/m0/s1. The van der Waals surface area contributed by atoms with Gasteiger partial charge in [-0.3, -0.25) is 15.0 Å². The molecule has 2 heterocycles. The molecule has 2 aliphatic rings. The van der Waals surface area contributed by atoms with Crippen molar-refractivity contribution in [2.45, 2.75) is 38.2 Å². The number of ether oxygens (including phenoxy) is 2. The fraction of sp³-hybridized carbons (Fsp3) is 0.333. The van der Waals surface area contributed by atoms with E-state index in [1.807, 2.05) is 62.4 Å². The Morgan fingerprint density at radius 1 is 0.976 bits per heavy atom. The minimum absolute atomic E-state index is 0.0419. The van der Waals surface area contributed by atoms with Gasteiger partial charge in [0.1, 0.15) is 24.2 Å². The van der Waals surface area contributed by atoms with Gasteiger partial charge < -0.3 is 19.7 Å². The van der Waals surface area contributed by atoms with Crippen LogP contribution in [0.25, 0.3) is 0 Å². The number of piperazine rings is 1. The van der Waals surface area contributed by atoms with Crippen molar-refractivity contribution in [3.8, 4) is 11.5 Å². The zero-order valence-electron chi connectivity index (χ0n) is 22.9. The molecule has 2 saturated heterocycles. The highest BCUT2D eigenvalue weighted by atomic mass is 35.5. The second kappa shape index (κ2) is 12.4. The number of amides is 3. The number of carbonyl (C=O) groups excluding carboxylic acids is 2. The number of halogens is 3. The number of hydrogen-bond donors (Lipinski definition) is 2. The predicted octanol–water partition coefficient (Wildman–Crippen LogP) is 6.38. The first-order valence-corrected chi connectivity index (χ1v) is 14.4. The van der Waals surface area contributed by atoms with Crippen LogP contribution in [0.4, 0.5) is 4.79 Å². The van der Waals surface area contributed by atoms with Crippen LogP contribution in [0.2, 0.25) is 15.1 Å². The van der Waals surface area contributed by atoms with E-state index in [0.717, 1.165) is 16.7 Å². The molecule has 2 fully saturated rings. The zero-order chi connectivity index (χ0) is 29.3. The first-order valence-electron chi connectivity index (χ1n) is 13.3. The quantitative estimate of drug-likeness (QED) is 0.335. The maximum absolute atomic E-state index is 14.4. The SMILES string of the molecule is COc1ccc(C2N[C@@H](c3ccc(Cl)cc3)[C@@H](c3ccc(Cl)c(Cl)c3)N2C(=O)N2CCNC(=O)C2)c(OC(C)C)c1. The number of hydrogen-bond acceptors (Lipinski definition) is 5. The van der Waals surface area contributed by atoms with Crippen LogP contribution in [0.5, 0.6) is 11.5 Å². The zero-order valence-corrected chi connectivity index (χ0v) is 25.1. The third-order valence-electron chi connectivity index (χ3n) is 7.15. The van der Waals surface area contributed by atoms with Crippen molar-refractivity contribution in [2.75, 3.05) is 26.7 Å². The largest absolute Gasteiger partial charge is 0.497 e. The van der Waals surface area contributed by atoms with E-state index in [1.54, 1.807) is 29.0 Å². The topological polar surface area (TPSA) is 83.1 Å². The van der Waals surface area contributed by atoms with Gasteiger partial charge in [0, 0.05) is 29.7 Å². The van der Waals surface area contributed by atoms with Crippen LogP contribution < -0.4 is 20.1 Å². The average Bonchev–Trinajstić information content (AvgIpc) is 3.34. The molecule has 0 saturated carbocycles. The van der Waals surface area contributed by atoms with Crippen LogP contribution in [0.1, 0.15) is 48.8 Å². The summed E-state index contributed by atoms with van der Waals surface area (Å²) in [4.78, 5) is 30.1. The third kappa shape index (κ3) is 6.21. The summed E-state index contributed by atoms with van der Waals surface area (Å²) in [5.74, 6) is 1.00. The van der Waals surface area contributed by atoms with E-state index in [2.05, 4.69) is 10.6 Å². The number of benzene rings is 3. The van der Waals surface area contributed by atoms with Gasteiger partial charge in [0.25, 0.3) is 0 Å². The number of methoxy groups -OCH3 is 1. The fourth-order valence-corrected chi connectivity index (χ4v) is 5.75. The molecular formula is C30H31Cl3N4O4. The van der Waals surface area contributed by atoms with Crippen molar-refractivity contribution in [1.29, 1.82) is 0 Å².